The molecule has 2 nitrogen and oxygen atoms in total. The van der Waals surface area contributed by atoms with E-state index in [1.54, 1.807) is 12.1 Å². The molecule has 1 saturated carbocycles. The highest BCUT2D eigenvalue weighted by Gasteiger charge is 2.17. The fraction of sp³-hybridized carbons (Fsp3) is 0.571. The van der Waals surface area contributed by atoms with Gasteiger partial charge >= 0.3 is 0 Å². The van der Waals surface area contributed by atoms with E-state index in [0.717, 1.165) is 17.9 Å². The topological polar surface area (TPSA) is 38.0 Å². The number of rotatable bonds is 5. The third kappa shape index (κ3) is 3.51. The molecule has 1 aliphatic carbocycles. The van der Waals surface area contributed by atoms with E-state index in [2.05, 4.69) is 5.43 Å². The fourth-order valence-electron chi connectivity index (χ4n) is 2.77. The molecule has 2 rings (SSSR count). The Hall–Kier alpha value is -0.930. The maximum Gasteiger partial charge on any atom is 0.123 e. The van der Waals surface area contributed by atoms with Gasteiger partial charge in [-0.2, -0.15) is 0 Å². The molecule has 94 valence electrons. The van der Waals surface area contributed by atoms with Crippen LogP contribution < -0.4 is 11.3 Å². The normalized spacial score (nSPS) is 18.5. The van der Waals surface area contributed by atoms with Gasteiger partial charge < -0.3 is 0 Å². The van der Waals surface area contributed by atoms with Gasteiger partial charge in [0.1, 0.15) is 5.82 Å². The molecule has 17 heavy (non-hydrogen) atoms. The van der Waals surface area contributed by atoms with E-state index in [1.807, 2.05) is 6.07 Å². The van der Waals surface area contributed by atoms with E-state index in [1.165, 1.54) is 38.2 Å². The van der Waals surface area contributed by atoms with Crippen molar-refractivity contribution >= 4 is 0 Å². The predicted molar refractivity (Wildman–Crippen MR) is 67.7 cm³/mol. The summed E-state index contributed by atoms with van der Waals surface area (Å²) in [6.45, 7) is 0. The van der Waals surface area contributed by atoms with Crippen LogP contribution in [0.5, 0.6) is 0 Å². The summed E-state index contributed by atoms with van der Waals surface area (Å²) < 4.78 is 13.1. The van der Waals surface area contributed by atoms with Crippen molar-refractivity contribution in [3.05, 3.63) is 35.6 Å². The smallest absolute Gasteiger partial charge is 0.123 e. The minimum Gasteiger partial charge on any atom is -0.271 e. The fourth-order valence-corrected chi connectivity index (χ4v) is 2.77. The van der Waals surface area contributed by atoms with Crippen molar-refractivity contribution in [2.75, 3.05) is 0 Å². The molecule has 0 spiro atoms. The molecule has 1 aromatic carbocycles. The Morgan fingerprint density at radius 2 is 2.12 bits per heavy atom. The van der Waals surface area contributed by atoms with Crippen molar-refractivity contribution < 1.29 is 4.39 Å². The molecule has 1 unspecified atom stereocenters. The minimum absolute atomic E-state index is 0.0753. The van der Waals surface area contributed by atoms with Crippen molar-refractivity contribution in [3.8, 4) is 0 Å². The Balaban J connectivity index is 1.91. The predicted octanol–water partition coefficient (Wildman–Crippen LogP) is 3.30. The van der Waals surface area contributed by atoms with Crippen LogP contribution in [0.1, 0.15) is 50.1 Å². The van der Waals surface area contributed by atoms with Crippen LogP contribution in [0.3, 0.4) is 0 Å². The molecule has 0 aromatic heterocycles. The first-order valence-electron chi connectivity index (χ1n) is 6.51. The number of hydrogen-bond acceptors (Lipinski definition) is 2. The maximum absolute atomic E-state index is 13.1. The molecule has 1 fully saturated rings. The minimum atomic E-state index is -0.191. The number of hydrazine groups is 1. The van der Waals surface area contributed by atoms with Crippen LogP contribution in [0.2, 0.25) is 0 Å². The van der Waals surface area contributed by atoms with Crippen molar-refractivity contribution in [2.45, 2.75) is 44.6 Å². The van der Waals surface area contributed by atoms with Crippen LogP contribution in [0, 0.1) is 11.7 Å². The zero-order chi connectivity index (χ0) is 12.1. The molecule has 3 N–H and O–H groups in total. The number of nitrogens with one attached hydrogen (secondary N) is 1. The second-order valence-electron chi connectivity index (χ2n) is 5.00. The molecule has 0 saturated heterocycles. The van der Waals surface area contributed by atoms with E-state index in [-0.39, 0.29) is 11.9 Å². The van der Waals surface area contributed by atoms with Gasteiger partial charge in [0.25, 0.3) is 0 Å². The lowest BCUT2D eigenvalue weighted by molar-refractivity contribution is 0.415. The lowest BCUT2D eigenvalue weighted by Crippen LogP contribution is -2.28. The van der Waals surface area contributed by atoms with Crippen LogP contribution in [0.25, 0.3) is 0 Å². The Morgan fingerprint density at radius 1 is 1.35 bits per heavy atom. The average molecular weight is 236 g/mol. The van der Waals surface area contributed by atoms with Gasteiger partial charge in [0.2, 0.25) is 0 Å². The van der Waals surface area contributed by atoms with Gasteiger partial charge in [0.05, 0.1) is 0 Å². The van der Waals surface area contributed by atoms with Crippen molar-refractivity contribution in [2.24, 2.45) is 11.8 Å². The molecular formula is C14H21FN2. The first-order valence-corrected chi connectivity index (χ1v) is 6.51. The SMILES string of the molecule is NNC(CCC1CCCC1)c1cccc(F)c1. The number of hydrogen-bond donors (Lipinski definition) is 2. The monoisotopic (exact) mass is 236 g/mol. The molecule has 0 amide bonds. The van der Waals surface area contributed by atoms with E-state index < -0.39 is 0 Å². The molecule has 3 heteroatoms. The van der Waals surface area contributed by atoms with Crippen molar-refractivity contribution in [1.29, 1.82) is 0 Å². The summed E-state index contributed by atoms with van der Waals surface area (Å²) >= 11 is 0. The summed E-state index contributed by atoms with van der Waals surface area (Å²) in [5.74, 6) is 6.22. The molecule has 0 aliphatic heterocycles. The van der Waals surface area contributed by atoms with E-state index >= 15 is 0 Å². The van der Waals surface area contributed by atoms with Gasteiger partial charge in [-0.25, -0.2) is 4.39 Å². The van der Waals surface area contributed by atoms with Gasteiger partial charge in [0.15, 0.2) is 0 Å². The summed E-state index contributed by atoms with van der Waals surface area (Å²) in [4.78, 5) is 0. The molecular weight excluding hydrogens is 215 g/mol. The molecule has 1 atom stereocenters. The van der Waals surface area contributed by atoms with E-state index in [9.17, 15) is 4.39 Å². The zero-order valence-corrected chi connectivity index (χ0v) is 10.2. The third-order valence-corrected chi connectivity index (χ3v) is 3.79. The number of benzene rings is 1. The van der Waals surface area contributed by atoms with Gasteiger partial charge in [-0.15, -0.1) is 0 Å². The van der Waals surface area contributed by atoms with Gasteiger partial charge in [-0.3, -0.25) is 11.3 Å². The molecule has 0 radical (unpaired) electrons. The Bertz CT molecular complexity index is 348. The zero-order valence-electron chi connectivity index (χ0n) is 10.2. The molecule has 1 aliphatic rings. The van der Waals surface area contributed by atoms with E-state index in [0.29, 0.717) is 0 Å². The van der Waals surface area contributed by atoms with Crippen LogP contribution in [0.15, 0.2) is 24.3 Å². The Morgan fingerprint density at radius 3 is 2.76 bits per heavy atom. The summed E-state index contributed by atoms with van der Waals surface area (Å²) in [5.41, 5.74) is 3.75. The first-order chi connectivity index (χ1) is 8.29. The molecule has 0 heterocycles. The summed E-state index contributed by atoms with van der Waals surface area (Å²) in [6, 6.07) is 6.78. The average Bonchev–Trinajstić information content (AvgIpc) is 2.83. The summed E-state index contributed by atoms with van der Waals surface area (Å²) in [6.07, 6.45) is 7.60. The highest BCUT2D eigenvalue weighted by atomic mass is 19.1. The number of nitrogens with two attached hydrogens (primary N) is 1. The van der Waals surface area contributed by atoms with Crippen molar-refractivity contribution in [3.63, 3.8) is 0 Å². The van der Waals surface area contributed by atoms with Crippen LogP contribution in [-0.2, 0) is 0 Å². The Labute approximate surface area is 102 Å². The van der Waals surface area contributed by atoms with Crippen molar-refractivity contribution in [1.82, 2.24) is 5.43 Å². The third-order valence-electron chi connectivity index (χ3n) is 3.79. The summed E-state index contributed by atoms with van der Waals surface area (Å²) in [5, 5.41) is 0. The summed E-state index contributed by atoms with van der Waals surface area (Å²) in [7, 11) is 0. The highest BCUT2D eigenvalue weighted by molar-refractivity contribution is 5.19. The van der Waals surface area contributed by atoms with Crippen LogP contribution >= 0.6 is 0 Å². The molecule has 0 bridgehead atoms. The molecule has 1 aromatic rings. The second-order valence-corrected chi connectivity index (χ2v) is 5.00. The second kappa shape index (κ2) is 6.12. The maximum atomic E-state index is 13.1. The lowest BCUT2D eigenvalue weighted by atomic mass is 9.95. The Kier molecular flexibility index (Phi) is 4.51. The van der Waals surface area contributed by atoms with E-state index in [4.69, 9.17) is 5.84 Å². The first kappa shape index (κ1) is 12.5. The standard InChI is InChI=1S/C14H21FN2/c15-13-7-3-6-12(10-13)14(17-16)9-8-11-4-1-2-5-11/h3,6-7,10-11,14,17H,1-2,4-5,8-9,16H2. The van der Waals surface area contributed by atoms with Crippen LogP contribution in [-0.4, -0.2) is 0 Å². The largest absolute Gasteiger partial charge is 0.271 e. The lowest BCUT2D eigenvalue weighted by Gasteiger charge is -2.18. The quantitative estimate of drug-likeness (QED) is 0.608. The van der Waals surface area contributed by atoms with Gasteiger partial charge in [-0.05, 0) is 36.5 Å². The van der Waals surface area contributed by atoms with Gasteiger partial charge in [0, 0.05) is 6.04 Å². The number of halogens is 1. The van der Waals surface area contributed by atoms with Crippen LogP contribution in [0.4, 0.5) is 4.39 Å². The van der Waals surface area contributed by atoms with Gasteiger partial charge in [-0.1, -0.05) is 37.8 Å². The highest BCUT2D eigenvalue weighted by Crippen LogP contribution is 2.31.